The average molecular weight is 433 g/mol. The van der Waals surface area contributed by atoms with Crippen LogP contribution in [0, 0.1) is 0 Å². The maximum absolute atomic E-state index is 10.6. The Labute approximate surface area is 186 Å². The van der Waals surface area contributed by atoms with E-state index in [9.17, 15) is 20.4 Å². The van der Waals surface area contributed by atoms with Crippen molar-refractivity contribution in [2.75, 3.05) is 26.2 Å². The van der Waals surface area contributed by atoms with Crippen molar-refractivity contribution in [1.82, 2.24) is 10.0 Å². The van der Waals surface area contributed by atoms with Crippen molar-refractivity contribution in [3.63, 3.8) is 0 Å². The molecule has 0 aromatic heterocycles. The molecule has 0 aromatic rings. The number of aliphatic hydroxyl groups is 4. The summed E-state index contributed by atoms with van der Waals surface area (Å²) in [5.74, 6) is 0. The Kier molecular flexibility index (Phi) is 19.3. The van der Waals surface area contributed by atoms with E-state index in [4.69, 9.17) is 0 Å². The largest absolute Gasteiger partial charge is 0.392 e. The van der Waals surface area contributed by atoms with Gasteiger partial charge in [0, 0.05) is 26.2 Å². The van der Waals surface area contributed by atoms with Gasteiger partial charge in [0.15, 0.2) is 0 Å². The lowest BCUT2D eigenvalue weighted by molar-refractivity contribution is -0.111. The molecule has 0 radical (unpaired) electrons. The summed E-state index contributed by atoms with van der Waals surface area (Å²) in [6.07, 6.45) is 8.97. The van der Waals surface area contributed by atoms with Gasteiger partial charge in [-0.15, -0.1) is 0 Å². The van der Waals surface area contributed by atoms with Gasteiger partial charge in [-0.2, -0.15) is 0 Å². The number of hydrogen-bond donors (Lipinski definition) is 4. The van der Waals surface area contributed by atoms with Gasteiger partial charge in [0.25, 0.3) is 0 Å². The predicted octanol–water partition coefficient (Wildman–Crippen LogP) is 3.71. The topological polar surface area (TPSA) is 87.4 Å². The van der Waals surface area contributed by atoms with Gasteiger partial charge in [-0.3, -0.25) is 0 Å². The zero-order valence-electron chi connectivity index (χ0n) is 20.3. The first-order chi connectivity index (χ1) is 14.4. The van der Waals surface area contributed by atoms with Crippen molar-refractivity contribution in [2.45, 2.75) is 129 Å². The minimum absolute atomic E-state index is 0.421. The molecule has 4 atom stereocenters. The molecular weight excluding hydrogens is 380 g/mol. The first-order valence-corrected chi connectivity index (χ1v) is 12.6. The van der Waals surface area contributed by atoms with E-state index in [1.807, 2.05) is 10.0 Å². The molecule has 0 saturated heterocycles. The molecule has 0 spiro atoms. The molecule has 0 fully saturated rings. The van der Waals surface area contributed by atoms with E-state index < -0.39 is 24.4 Å². The third-order valence-corrected chi connectivity index (χ3v) is 5.65. The Morgan fingerprint density at radius 2 is 0.633 bits per heavy atom. The lowest BCUT2D eigenvalue weighted by Crippen LogP contribution is -2.54. The van der Waals surface area contributed by atoms with Gasteiger partial charge in [-0.25, -0.2) is 10.0 Å². The van der Waals surface area contributed by atoms with Gasteiger partial charge < -0.3 is 20.4 Å². The molecule has 6 heteroatoms. The SMILES string of the molecule is CCCCC(O)CN(CC(O)CCCC)N(CC(O)CCCC)CC(O)CCCC. The van der Waals surface area contributed by atoms with Crippen molar-refractivity contribution in [3.8, 4) is 0 Å². The first-order valence-electron chi connectivity index (χ1n) is 12.6. The quantitative estimate of drug-likeness (QED) is 0.207. The second-order valence-electron chi connectivity index (χ2n) is 8.93. The van der Waals surface area contributed by atoms with E-state index in [2.05, 4.69) is 27.7 Å². The predicted molar refractivity (Wildman–Crippen MR) is 125 cm³/mol. The maximum atomic E-state index is 10.6. The number of rotatable bonds is 21. The molecule has 0 aromatic carbocycles. The van der Waals surface area contributed by atoms with Gasteiger partial charge in [0.2, 0.25) is 0 Å². The molecule has 6 nitrogen and oxygen atoms in total. The summed E-state index contributed by atoms with van der Waals surface area (Å²) in [7, 11) is 0. The molecule has 0 aliphatic carbocycles. The Bertz CT molecular complexity index is 307. The van der Waals surface area contributed by atoms with Crippen LogP contribution in [-0.2, 0) is 0 Å². The Morgan fingerprint density at radius 3 is 0.800 bits per heavy atom. The smallest absolute Gasteiger partial charge is 0.0681 e. The minimum Gasteiger partial charge on any atom is -0.392 e. The zero-order valence-corrected chi connectivity index (χ0v) is 20.3. The Morgan fingerprint density at radius 1 is 0.433 bits per heavy atom. The van der Waals surface area contributed by atoms with Crippen molar-refractivity contribution in [1.29, 1.82) is 0 Å². The second-order valence-corrected chi connectivity index (χ2v) is 8.93. The van der Waals surface area contributed by atoms with Gasteiger partial charge in [-0.05, 0) is 25.7 Å². The Balaban J connectivity index is 5.29. The van der Waals surface area contributed by atoms with Crippen LogP contribution in [0.2, 0.25) is 0 Å². The highest BCUT2D eigenvalue weighted by molar-refractivity contribution is 4.74. The monoisotopic (exact) mass is 432 g/mol. The molecule has 182 valence electrons. The van der Waals surface area contributed by atoms with Crippen LogP contribution in [-0.4, -0.2) is 81.0 Å². The number of unbranched alkanes of at least 4 members (excludes halogenated alkanes) is 4. The fourth-order valence-corrected chi connectivity index (χ4v) is 3.71. The van der Waals surface area contributed by atoms with Gasteiger partial charge in [-0.1, -0.05) is 79.1 Å². The first kappa shape index (κ1) is 29.8. The van der Waals surface area contributed by atoms with Crippen LogP contribution in [0.15, 0.2) is 0 Å². The minimum atomic E-state index is -0.480. The fourth-order valence-electron chi connectivity index (χ4n) is 3.71. The highest BCUT2D eigenvalue weighted by Gasteiger charge is 2.25. The summed E-state index contributed by atoms with van der Waals surface area (Å²) in [6, 6.07) is 0. The molecule has 0 saturated carbocycles. The van der Waals surface area contributed by atoms with E-state index in [0.29, 0.717) is 26.2 Å². The third-order valence-electron chi connectivity index (χ3n) is 5.65. The summed E-state index contributed by atoms with van der Waals surface area (Å²) in [5.41, 5.74) is 0. The number of nitrogens with zero attached hydrogens (tertiary/aromatic N) is 2. The molecule has 0 amide bonds. The van der Waals surface area contributed by atoms with Crippen LogP contribution in [0.5, 0.6) is 0 Å². The van der Waals surface area contributed by atoms with Crippen LogP contribution in [0.4, 0.5) is 0 Å². The molecule has 0 aliphatic rings. The summed E-state index contributed by atoms with van der Waals surface area (Å²) in [4.78, 5) is 0. The summed E-state index contributed by atoms with van der Waals surface area (Å²) in [6.45, 7) is 10.1. The van der Waals surface area contributed by atoms with E-state index in [1.165, 1.54) is 0 Å². The second kappa shape index (κ2) is 19.4. The summed E-state index contributed by atoms with van der Waals surface area (Å²) in [5, 5.41) is 46.2. The molecule has 0 bridgehead atoms. The molecule has 0 aliphatic heterocycles. The van der Waals surface area contributed by atoms with E-state index in [0.717, 1.165) is 77.0 Å². The van der Waals surface area contributed by atoms with Gasteiger partial charge in [0.1, 0.15) is 0 Å². The average Bonchev–Trinajstić information content (AvgIpc) is 2.72. The third kappa shape index (κ3) is 15.5. The standard InChI is InChI=1S/C24H52N2O4/c1-5-9-13-21(27)17-25(18-22(28)14-10-6-2)26(19-23(29)15-11-7-3)20-24(30)16-12-8-4/h21-24,27-30H,5-20H2,1-4H3. The normalized spacial score (nSPS) is 16.2. The molecule has 0 heterocycles. The van der Waals surface area contributed by atoms with Gasteiger partial charge in [0.05, 0.1) is 24.4 Å². The summed E-state index contributed by atoms with van der Waals surface area (Å²) < 4.78 is 0. The number of aliphatic hydroxyl groups excluding tert-OH is 4. The lowest BCUT2D eigenvalue weighted by Gasteiger charge is -2.39. The highest BCUT2D eigenvalue weighted by Crippen LogP contribution is 2.14. The fraction of sp³-hybridized carbons (Fsp3) is 1.00. The van der Waals surface area contributed by atoms with Gasteiger partial charge >= 0.3 is 0 Å². The lowest BCUT2D eigenvalue weighted by atomic mass is 10.1. The number of hydrazine groups is 1. The van der Waals surface area contributed by atoms with E-state index in [1.54, 1.807) is 0 Å². The van der Waals surface area contributed by atoms with Crippen LogP contribution in [0.3, 0.4) is 0 Å². The van der Waals surface area contributed by atoms with E-state index >= 15 is 0 Å². The van der Waals surface area contributed by atoms with Crippen molar-refractivity contribution in [3.05, 3.63) is 0 Å². The maximum Gasteiger partial charge on any atom is 0.0681 e. The van der Waals surface area contributed by atoms with Crippen molar-refractivity contribution in [2.24, 2.45) is 0 Å². The Hall–Kier alpha value is -0.240. The molecule has 30 heavy (non-hydrogen) atoms. The van der Waals surface area contributed by atoms with Crippen molar-refractivity contribution >= 4 is 0 Å². The van der Waals surface area contributed by atoms with Crippen LogP contribution < -0.4 is 0 Å². The molecular formula is C24H52N2O4. The molecule has 4 unspecified atom stereocenters. The highest BCUT2D eigenvalue weighted by atomic mass is 16.3. The van der Waals surface area contributed by atoms with Crippen molar-refractivity contribution < 1.29 is 20.4 Å². The zero-order chi connectivity index (χ0) is 22.8. The van der Waals surface area contributed by atoms with Crippen LogP contribution >= 0.6 is 0 Å². The van der Waals surface area contributed by atoms with Crippen LogP contribution in [0.25, 0.3) is 0 Å². The molecule has 0 rings (SSSR count). The van der Waals surface area contributed by atoms with E-state index in [-0.39, 0.29) is 0 Å². The molecule has 4 N–H and O–H groups in total. The number of hydrogen-bond acceptors (Lipinski definition) is 6. The summed E-state index contributed by atoms with van der Waals surface area (Å²) >= 11 is 0. The van der Waals surface area contributed by atoms with Crippen LogP contribution in [0.1, 0.15) is 105 Å².